The number of aromatic carboxylic acids is 1. The first-order valence-electron chi connectivity index (χ1n) is 12.1. The maximum absolute atomic E-state index is 10.5. The summed E-state index contributed by atoms with van der Waals surface area (Å²) in [7, 11) is -1.75. The number of aromatic nitrogens is 3. The number of hydrogen-bond acceptors (Lipinski definition) is 6. The molecule has 0 aliphatic carbocycles. The van der Waals surface area contributed by atoms with Crippen molar-refractivity contribution in [3.05, 3.63) is 84.4 Å². The third-order valence-corrected chi connectivity index (χ3v) is 10.9. The van der Waals surface area contributed by atoms with Crippen molar-refractivity contribution in [3.63, 3.8) is 0 Å². The van der Waals surface area contributed by atoms with Gasteiger partial charge in [0.05, 0.1) is 11.5 Å². The van der Waals surface area contributed by atoms with E-state index in [4.69, 9.17) is 0 Å². The van der Waals surface area contributed by atoms with Crippen LogP contribution < -0.4 is 15.7 Å². The highest BCUT2D eigenvalue weighted by Crippen LogP contribution is 2.62. The van der Waals surface area contributed by atoms with Gasteiger partial charge in [-0.1, -0.05) is 53.7 Å². The Kier molecular flexibility index (Phi) is 9.49. The summed E-state index contributed by atoms with van der Waals surface area (Å²) in [6.45, 7) is 13.4. The van der Waals surface area contributed by atoms with Crippen molar-refractivity contribution >= 4 is 35.2 Å². The van der Waals surface area contributed by atoms with Gasteiger partial charge in [-0.2, -0.15) is 9.34 Å². The molecule has 1 N–H and O–H groups in total. The zero-order valence-corrected chi connectivity index (χ0v) is 21.8. The number of carbonyl (C=O) groups excluding carboxylic acids is 1. The summed E-state index contributed by atoms with van der Waals surface area (Å²) in [6.07, 6.45) is 0. The number of rotatable bonds is 9. The Bertz CT molecular complexity index is 1140. The second kappa shape index (κ2) is 12.5. The molecule has 184 valence electrons. The topological polar surface area (TPSA) is 88.2 Å². The maximum Gasteiger partial charge on any atom is 0.218 e. The van der Waals surface area contributed by atoms with E-state index in [-0.39, 0.29) is 5.56 Å². The standard InChI is InChI=1S/C20H30N2P.C7H5N3O2/c1-5-21(6-2)23(22(7-3)8-4,19-15-11-9-12-16-19)20-17-13-10-14-18-20;11-7(12)4-2-1-3-5-6(4)9-10-8-5/h9-18H,5-8H2,1-4H3;1-3H,(H,11,12)(H,8,9,10)/q+1;/p-1. The lowest BCUT2D eigenvalue weighted by molar-refractivity contribution is -0.254. The molecule has 0 fully saturated rings. The predicted octanol–water partition coefficient (Wildman–Crippen LogP) is 3.49. The van der Waals surface area contributed by atoms with Crippen molar-refractivity contribution < 1.29 is 9.90 Å². The smallest absolute Gasteiger partial charge is 0.218 e. The summed E-state index contributed by atoms with van der Waals surface area (Å²) in [6, 6.07) is 27.0. The number of fused-ring (bicyclic) bond motifs is 1. The van der Waals surface area contributed by atoms with Crippen molar-refractivity contribution in [1.82, 2.24) is 24.8 Å². The van der Waals surface area contributed by atoms with E-state index in [0.29, 0.717) is 11.0 Å². The van der Waals surface area contributed by atoms with Crippen LogP contribution in [0.15, 0.2) is 78.9 Å². The van der Waals surface area contributed by atoms with Gasteiger partial charge < -0.3 is 9.90 Å². The molecule has 0 aliphatic rings. The van der Waals surface area contributed by atoms with Crippen molar-refractivity contribution in [2.24, 2.45) is 0 Å². The van der Waals surface area contributed by atoms with Crippen LogP contribution in [0, 0.1) is 0 Å². The molecular formula is C27H34N5O2P. The average molecular weight is 492 g/mol. The summed E-state index contributed by atoms with van der Waals surface area (Å²) >= 11 is 0. The number of nitrogens with one attached hydrogen (secondary N) is 1. The van der Waals surface area contributed by atoms with E-state index < -0.39 is 13.5 Å². The van der Waals surface area contributed by atoms with Crippen molar-refractivity contribution in [1.29, 1.82) is 0 Å². The third-order valence-electron chi connectivity index (χ3n) is 6.09. The summed E-state index contributed by atoms with van der Waals surface area (Å²) < 4.78 is 5.37. The van der Waals surface area contributed by atoms with Gasteiger partial charge in [0.15, 0.2) is 0 Å². The highest BCUT2D eigenvalue weighted by molar-refractivity contribution is 7.85. The van der Waals surface area contributed by atoms with Crippen molar-refractivity contribution in [2.45, 2.75) is 27.7 Å². The quantitative estimate of drug-likeness (QED) is 0.361. The zero-order chi connectivity index (χ0) is 25.3. The van der Waals surface area contributed by atoms with E-state index >= 15 is 0 Å². The Balaban J connectivity index is 0.000000237. The molecule has 0 atom stereocenters. The Morgan fingerprint density at radius 1 is 0.771 bits per heavy atom. The Morgan fingerprint density at radius 2 is 1.26 bits per heavy atom. The molecule has 0 aliphatic heterocycles. The van der Waals surface area contributed by atoms with Crippen LogP contribution in [0.5, 0.6) is 0 Å². The first-order valence-corrected chi connectivity index (χ1v) is 13.8. The van der Waals surface area contributed by atoms with E-state index in [2.05, 4.69) is 113 Å². The highest BCUT2D eigenvalue weighted by atomic mass is 31.2. The fourth-order valence-electron chi connectivity index (χ4n) is 4.55. The average Bonchev–Trinajstić information content (AvgIpc) is 3.39. The van der Waals surface area contributed by atoms with E-state index in [9.17, 15) is 9.90 Å². The van der Waals surface area contributed by atoms with Crippen molar-refractivity contribution in [3.8, 4) is 0 Å². The molecular weight excluding hydrogens is 457 g/mol. The first kappa shape index (κ1) is 26.5. The van der Waals surface area contributed by atoms with Gasteiger partial charge in [0, 0.05) is 31.7 Å². The molecule has 0 radical (unpaired) electrons. The van der Waals surface area contributed by atoms with Crippen molar-refractivity contribution in [2.75, 3.05) is 26.2 Å². The molecule has 35 heavy (non-hydrogen) atoms. The van der Waals surface area contributed by atoms with Gasteiger partial charge in [-0.15, -0.1) is 5.10 Å². The summed E-state index contributed by atoms with van der Waals surface area (Å²) in [4.78, 5) is 10.5. The summed E-state index contributed by atoms with van der Waals surface area (Å²) in [5.74, 6) is -1.24. The van der Waals surface area contributed by atoms with Crippen LogP contribution in [-0.2, 0) is 0 Å². The lowest BCUT2D eigenvalue weighted by Crippen LogP contribution is -2.47. The summed E-state index contributed by atoms with van der Waals surface area (Å²) in [5.41, 5.74) is 0.982. The molecule has 1 aromatic heterocycles. The highest BCUT2D eigenvalue weighted by Gasteiger charge is 2.52. The molecule has 7 nitrogen and oxygen atoms in total. The van der Waals surface area contributed by atoms with Crippen LogP contribution in [0.4, 0.5) is 0 Å². The van der Waals surface area contributed by atoms with Crippen LogP contribution in [-0.4, -0.2) is 56.9 Å². The molecule has 3 aromatic carbocycles. The van der Waals surface area contributed by atoms with E-state index in [1.807, 2.05) is 0 Å². The van der Waals surface area contributed by atoms with Crippen LogP contribution in [0.1, 0.15) is 38.1 Å². The Morgan fingerprint density at radius 3 is 1.69 bits per heavy atom. The Labute approximate surface area is 208 Å². The van der Waals surface area contributed by atoms with E-state index in [1.54, 1.807) is 12.1 Å². The maximum atomic E-state index is 10.5. The first-order chi connectivity index (χ1) is 17.0. The number of aromatic amines is 1. The minimum Gasteiger partial charge on any atom is -0.545 e. The molecule has 4 rings (SSSR count). The van der Waals surface area contributed by atoms with Gasteiger partial charge in [-0.25, -0.2) is 0 Å². The van der Waals surface area contributed by atoms with E-state index in [1.165, 1.54) is 16.7 Å². The van der Waals surface area contributed by atoms with Crippen LogP contribution in [0.25, 0.3) is 11.0 Å². The summed E-state index contributed by atoms with van der Waals surface area (Å²) in [5, 5.41) is 23.1. The third kappa shape index (κ3) is 5.43. The van der Waals surface area contributed by atoms with Gasteiger partial charge >= 0.3 is 0 Å². The minimum absolute atomic E-state index is 0.0567. The zero-order valence-electron chi connectivity index (χ0n) is 20.9. The minimum atomic E-state index is -1.75. The van der Waals surface area contributed by atoms with Crippen LogP contribution >= 0.6 is 7.56 Å². The van der Waals surface area contributed by atoms with Crippen LogP contribution in [0.3, 0.4) is 0 Å². The normalized spacial score (nSPS) is 11.5. The van der Waals surface area contributed by atoms with Crippen LogP contribution in [0.2, 0.25) is 0 Å². The van der Waals surface area contributed by atoms with Gasteiger partial charge in [-0.05, 0) is 58.0 Å². The van der Waals surface area contributed by atoms with Gasteiger partial charge in [0.2, 0.25) is 7.56 Å². The number of nitrogens with zero attached hydrogens (tertiary/aromatic N) is 4. The number of hydrogen-bond donors (Lipinski definition) is 1. The molecule has 0 spiro atoms. The number of carboxylic acid groups (broad SMARTS) is 1. The molecule has 0 saturated heterocycles. The van der Waals surface area contributed by atoms with Gasteiger partial charge in [0.25, 0.3) is 0 Å². The van der Waals surface area contributed by atoms with Gasteiger partial charge in [0.1, 0.15) is 16.1 Å². The second-order valence-corrected chi connectivity index (χ2v) is 11.2. The lowest BCUT2D eigenvalue weighted by Gasteiger charge is -2.41. The second-order valence-electron chi connectivity index (χ2n) is 7.85. The number of carboxylic acids is 1. The molecule has 0 amide bonds. The molecule has 8 heteroatoms. The van der Waals surface area contributed by atoms with E-state index in [0.717, 1.165) is 26.2 Å². The monoisotopic (exact) mass is 491 g/mol. The number of H-pyrrole nitrogens is 1. The van der Waals surface area contributed by atoms with Gasteiger partial charge in [-0.3, -0.25) is 5.10 Å². The Hall–Kier alpha value is -3.12. The predicted molar refractivity (Wildman–Crippen MR) is 143 cm³/mol. The molecule has 1 heterocycles. The number of benzene rings is 3. The fourth-order valence-corrected chi connectivity index (χ4v) is 9.33. The fraction of sp³-hybridized carbons (Fsp3) is 0.296. The lowest BCUT2D eigenvalue weighted by atomic mass is 10.2. The molecule has 0 saturated carbocycles. The molecule has 0 bridgehead atoms. The molecule has 0 unspecified atom stereocenters. The number of carbonyl (C=O) groups is 1. The SMILES string of the molecule is CCN(CC)[P+](c1ccccc1)(c1ccccc1)N(CC)CC.O=C([O-])c1cccc2[nH]nnc12. The largest absolute Gasteiger partial charge is 0.545 e. The molecule has 4 aromatic rings.